The Morgan fingerprint density at radius 3 is 2.87 bits per heavy atom. The predicted octanol–water partition coefficient (Wildman–Crippen LogP) is 3.03. The van der Waals surface area contributed by atoms with E-state index in [-0.39, 0.29) is 17.6 Å². The first kappa shape index (κ1) is 11.8. The predicted molar refractivity (Wildman–Crippen MR) is 63.2 cm³/mol. The zero-order valence-electron chi connectivity index (χ0n) is 7.59. The Bertz CT molecular complexity index is 500. The minimum Gasteiger partial charge on any atom is -0.410 e. The highest BCUT2D eigenvalue weighted by atomic mass is 35.5. The Hall–Kier alpha value is -1.32. The lowest BCUT2D eigenvalue weighted by Gasteiger charge is -1.99. The van der Waals surface area contributed by atoms with Crippen molar-refractivity contribution in [2.24, 2.45) is 5.16 Å². The van der Waals surface area contributed by atoms with Crippen LogP contribution in [-0.4, -0.2) is 15.4 Å². The number of pyridine rings is 1. The zero-order chi connectivity index (χ0) is 9.97. The van der Waals surface area contributed by atoms with Crippen molar-refractivity contribution in [3.8, 4) is 0 Å². The quantitative estimate of drug-likeness (QED) is 0.475. The standard InChI is InChI=1S/C10H7ClN2O.ClH/c11-10(13-14)8-3-4-9-7(6-8)2-1-5-12-9;/h1-6,14H;1H/b13-10-;. The summed E-state index contributed by atoms with van der Waals surface area (Å²) in [6.45, 7) is 0. The summed E-state index contributed by atoms with van der Waals surface area (Å²) in [6, 6.07) is 9.18. The molecule has 0 spiro atoms. The molecule has 0 radical (unpaired) electrons. The van der Waals surface area contributed by atoms with E-state index in [1.165, 1.54) is 0 Å². The van der Waals surface area contributed by atoms with Gasteiger partial charge in [-0.3, -0.25) is 4.98 Å². The number of hydrogen-bond donors (Lipinski definition) is 1. The van der Waals surface area contributed by atoms with Gasteiger partial charge in [-0.25, -0.2) is 0 Å². The van der Waals surface area contributed by atoms with Crippen molar-refractivity contribution >= 4 is 40.1 Å². The maximum Gasteiger partial charge on any atom is 0.175 e. The normalized spacial score (nSPS) is 11.1. The first-order chi connectivity index (χ1) is 6.81. The molecule has 3 nitrogen and oxygen atoms in total. The largest absolute Gasteiger partial charge is 0.410 e. The molecule has 15 heavy (non-hydrogen) atoms. The molecule has 0 saturated carbocycles. The smallest absolute Gasteiger partial charge is 0.175 e. The fourth-order valence-corrected chi connectivity index (χ4v) is 1.38. The minimum absolute atomic E-state index is 0. The number of fused-ring (bicyclic) bond motifs is 1. The number of benzene rings is 1. The van der Waals surface area contributed by atoms with Gasteiger partial charge >= 0.3 is 0 Å². The van der Waals surface area contributed by atoms with Crippen LogP contribution >= 0.6 is 24.0 Å². The van der Waals surface area contributed by atoms with E-state index < -0.39 is 0 Å². The lowest BCUT2D eigenvalue weighted by molar-refractivity contribution is 0.321. The van der Waals surface area contributed by atoms with Gasteiger partial charge in [0.1, 0.15) is 0 Å². The highest BCUT2D eigenvalue weighted by Gasteiger charge is 2.01. The van der Waals surface area contributed by atoms with Gasteiger partial charge in [-0.2, -0.15) is 0 Å². The van der Waals surface area contributed by atoms with Crippen LogP contribution in [0.1, 0.15) is 5.56 Å². The molecule has 0 amide bonds. The summed E-state index contributed by atoms with van der Waals surface area (Å²) in [4.78, 5) is 4.16. The van der Waals surface area contributed by atoms with Gasteiger partial charge in [0.15, 0.2) is 5.17 Å². The summed E-state index contributed by atoms with van der Waals surface area (Å²) >= 11 is 5.67. The van der Waals surface area contributed by atoms with E-state index in [9.17, 15) is 0 Å². The Labute approximate surface area is 97.8 Å². The molecule has 0 aliphatic rings. The molecular weight excluding hydrogens is 235 g/mol. The van der Waals surface area contributed by atoms with Crippen LogP contribution in [0.4, 0.5) is 0 Å². The second-order valence-corrected chi connectivity index (χ2v) is 3.16. The van der Waals surface area contributed by atoms with Gasteiger partial charge in [-0.05, 0) is 24.3 Å². The van der Waals surface area contributed by atoms with E-state index in [4.69, 9.17) is 16.8 Å². The van der Waals surface area contributed by atoms with Crippen molar-refractivity contribution in [2.75, 3.05) is 0 Å². The van der Waals surface area contributed by atoms with E-state index in [2.05, 4.69) is 10.1 Å². The third-order valence-corrected chi connectivity index (χ3v) is 2.22. The molecule has 0 aliphatic heterocycles. The summed E-state index contributed by atoms with van der Waals surface area (Å²) in [7, 11) is 0. The van der Waals surface area contributed by atoms with Crippen LogP contribution < -0.4 is 0 Å². The number of hydrogen-bond acceptors (Lipinski definition) is 3. The first-order valence-electron chi connectivity index (χ1n) is 4.04. The molecule has 1 aromatic heterocycles. The Morgan fingerprint density at radius 2 is 2.13 bits per heavy atom. The molecule has 1 heterocycles. The van der Waals surface area contributed by atoms with E-state index >= 15 is 0 Å². The van der Waals surface area contributed by atoms with Crippen molar-refractivity contribution < 1.29 is 5.21 Å². The lowest BCUT2D eigenvalue weighted by atomic mass is 10.1. The van der Waals surface area contributed by atoms with Gasteiger partial charge in [-0.1, -0.05) is 22.8 Å². The number of halogens is 2. The zero-order valence-corrected chi connectivity index (χ0v) is 9.16. The Kier molecular flexibility index (Phi) is 3.88. The fourth-order valence-electron chi connectivity index (χ4n) is 1.26. The van der Waals surface area contributed by atoms with Crippen LogP contribution in [0.2, 0.25) is 0 Å². The van der Waals surface area contributed by atoms with Crippen molar-refractivity contribution in [2.45, 2.75) is 0 Å². The monoisotopic (exact) mass is 242 g/mol. The molecule has 0 fully saturated rings. The van der Waals surface area contributed by atoms with Crippen LogP contribution in [0, 0.1) is 0 Å². The molecule has 0 aliphatic carbocycles. The van der Waals surface area contributed by atoms with Gasteiger partial charge in [0, 0.05) is 17.1 Å². The number of nitrogens with zero attached hydrogens (tertiary/aromatic N) is 2. The molecule has 0 saturated heterocycles. The van der Waals surface area contributed by atoms with Gasteiger partial charge in [0.25, 0.3) is 0 Å². The molecule has 1 N–H and O–H groups in total. The van der Waals surface area contributed by atoms with Crippen LogP contribution in [0.25, 0.3) is 10.9 Å². The van der Waals surface area contributed by atoms with E-state index in [1.54, 1.807) is 12.3 Å². The second-order valence-electron chi connectivity index (χ2n) is 2.80. The van der Waals surface area contributed by atoms with E-state index in [0.717, 1.165) is 10.9 Å². The summed E-state index contributed by atoms with van der Waals surface area (Å²) in [5.41, 5.74) is 1.56. The van der Waals surface area contributed by atoms with Gasteiger partial charge in [0.05, 0.1) is 5.52 Å². The number of rotatable bonds is 1. The molecule has 5 heteroatoms. The van der Waals surface area contributed by atoms with Crippen LogP contribution in [0.3, 0.4) is 0 Å². The molecular formula is C10H8Cl2N2O. The topological polar surface area (TPSA) is 45.5 Å². The third-order valence-electron chi connectivity index (χ3n) is 1.93. The summed E-state index contributed by atoms with van der Waals surface area (Å²) in [6.07, 6.45) is 1.73. The average molecular weight is 243 g/mol. The molecule has 2 rings (SSSR count). The van der Waals surface area contributed by atoms with Gasteiger partial charge in [-0.15, -0.1) is 12.4 Å². The summed E-state index contributed by atoms with van der Waals surface area (Å²) < 4.78 is 0. The van der Waals surface area contributed by atoms with Crippen molar-refractivity contribution in [1.82, 2.24) is 4.98 Å². The van der Waals surface area contributed by atoms with Crippen LogP contribution in [0.5, 0.6) is 0 Å². The molecule has 0 bridgehead atoms. The average Bonchev–Trinajstić information content (AvgIpc) is 2.27. The summed E-state index contributed by atoms with van der Waals surface area (Å²) in [5.74, 6) is 0. The molecule has 0 unspecified atom stereocenters. The van der Waals surface area contributed by atoms with Crippen molar-refractivity contribution in [3.05, 3.63) is 42.1 Å². The molecule has 1 aromatic carbocycles. The third kappa shape index (κ3) is 2.37. The molecule has 0 atom stereocenters. The summed E-state index contributed by atoms with van der Waals surface area (Å²) in [5, 5.41) is 12.5. The Balaban J connectivity index is 0.00000112. The number of aromatic nitrogens is 1. The van der Waals surface area contributed by atoms with Crippen LogP contribution in [-0.2, 0) is 0 Å². The number of oxime groups is 1. The maximum atomic E-state index is 8.50. The van der Waals surface area contributed by atoms with Crippen molar-refractivity contribution in [1.29, 1.82) is 0 Å². The SMILES string of the molecule is Cl.O/N=C(\Cl)c1ccc2ncccc2c1. The molecule has 78 valence electrons. The highest BCUT2D eigenvalue weighted by Crippen LogP contribution is 2.14. The van der Waals surface area contributed by atoms with E-state index in [1.807, 2.05) is 24.3 Å². The second kappa shape index (κ2) is 4.96. The van der Waals surface area contributed by atoms with Crippen molar-refractivity contribution in [3.63, 3.8) is 0 Å². The molecule has 2 aromatic rings. The van der Waals surface area contributed by atoms with E-state index in [0.29, 0.717) is 5.56 Å². The van der Waals surface area contributed by atoms with Gasteiger partial charge in [0.2, 0.25) is 0 Å². The Morgan fingerprint density at radius 1 is 1.33 bits per heavy atom. The fraction of sp³-hybridized carbons (Fsp3) is 0. The van der Waals surface area contributed by atoms with Crippen LogP contribution in [0.15, 0.2) is 41.7 Å². The highest BCUT2D eigenvalue weighted by molar-refractivity contribution is 6.69. The maximum absolute atomic E-state index is 8.50. The minimum atomic E-state index is 0. The first-order valence-corrected chi connectivity index (χ1v) is 4.42. The lowest BCUT2D eigenvalue weighted by Crippen LogP contribution is -1.90. The van der Waals surface area contributed by atoms with Gasteiger partial charge < -0.3 is 5.21 Å².